The minimum absolute atomic E-state index is 0.509. The fraction of sp³-hybridized carbons (Fsp3) is 0.647. The van der Waals surface area contributed by atoms with Gasteiger partial charge in [0.15, 0.2) is 0 Å². The lowest BCUT2D eigenvalue weighted by Gasteiger charge is -2.10. The van der Waals surface area contributed by atoms with Gasteiger partial charge in [-0.3, -0.25) is 0 Å². The summed E-state index contributed by atoms with van der Waals surface area (Å²) >= 11 is 0. The molecule has 1 aromatic rings. The third kappa shape index (κ3) is 7.51. The number of unbranched alkanes of at least 4 members (excludes halogenated alkanes) is 5. The number of hydrogen-bond donors (Lipinski definition) is 1. The first-order chi connectivity index (χ1) is 9.88. The molecule has 1 rings (SSSR count). The van der Waals surface area contributed by atoms with Crippen LogP contribution in [0.2, 0.25) is 0 Å². The highest BCUT2D eigenvalue weighted by Crippen LogP contribution is 2.16. The molecular weight excluding hydrogens is 250 g/mol. The SMILES string of the molecule is CCCCCCCCOCCOc1ccccc1CN. The van der Waals surface area contributed by atoms with E-state index in [4.69, 9.17) is 15.2 Å². The third-order valence-electron chi connectivity index (χ3n) is 3.32. The van der Waals surface area contributed by atoms with Crippen molar-refractivity contribution < 1.29 is 9.47 Å². The molecule has 0 saturated carbocycles. The summed E-state index contributed by atoms with van der Waals surface area (Å²) < 4.78 is 11.3. The second kappa shape index (κ2) is 11.7. The van der Waals surface area contributed by atoms with Gasteiger partial charge >= 0.3 is 0 Å². The molecule has 0 atom stereocenters. The van der Waals surface area contributed by atoms with Gasteiger partial charge in [-0.2, -0.15) is 0 Å². The molecule has 0 aliphatic heterocycles. The van der Waals surface area contributed by atoms with Crippen LogP contribution in [-0.2, 0) is 11.3 Å². The standard InChI is InChI=1S/C17H29NO2/c1-2-3-4-5-6-9-12-19-13-14-20-17-11-8-7-10-16(17)15-18/h7-8,10-11H,2-6,9,12-15,18H2,1H3. The lowest BCUT2D eigenvalue weighted by atomic mass is 10.1. The molecule has 0 bridgehead atoms. The molecule has 0 aliphatic carbocycles. The number of rotatable bonds is 12. The molecule has 20 heavy (non-hydrogen) atoms. The van der Waals surface area contributed by atoms with Crippen molar-refractivity contribution in [1.82, 2.24) is 0 Å². The van der Waals surface area contributed by atoms with Crippen LogP contribution in [0.5, 0.6) is 5.75 Å². The molecule has 114 valence electrons. The molecule has 0 spiro atoms. The average molecular weight is 279 g/mol. The van der Waals surface area contributed by atoms with E-state index in [-0.39, 0.29) is 0 Å². The van der Waals surface area contributed by atoms with Crippen molar-refractivity contribution in [3.8, 4) is 5.75 Å². The van der Waals surface area contributed by atoms with Gasteiger partial charge in [0.25, 0.3) is 0 Å². The van der Waals surface area contributed by atoms with Gasteiger partial charge in [0, 0.05) is 18.7 Å². The second-order valence-corrected chi connectivity index (χ2v) is 5.04. The second-order valence-electron chi connectivity index (χ2n) is 5.04. The van der Waals surface area contributed by atoms with E-state index in [1.807, 2.05) is 24.3 Å². The molecule has 2 N–H and O–H groups in total. The van der Waals surface area contributed by atoms with E-state index in [0.29, 0.717) is 19.8 Å². The Bertz CT molecular complexity index is 342. The van der Waals surface area contributed by atoms with Crippen LogP contribution in [0, 0.1) is 0 Å². The van der Waals surface area contributed by atoms with E-state index in [0.717, 1.165) is 24.3 Å². The van der Waals surface area contributed by atoms with Gasteiger partial charge < -0.3 is 15.2 Å². The highest BCUT2D eigenvalue weighted by Gasteiger charge is 2.00. The lowest BCUT2D eigenvalue weighted by Crippen LogP contribution is -2.09. The zero-order valence-corrected chi connectivity index (χ0v) is 12.8. The van der Waals surface area contributed by atoms with Gasteiger partial charge in [0.2, 0.25) is 0 Å². The van der Waals surface area contributed by atoms with Crippen molar-refractivity contribution in [1.29, 1.82) is 0 Å². The van der Waals surface area contributed by atoms with Crippen LogP contribution >= 0.6 is 0 Å². The molecule has 3 nitrogen and oxygen atoms in total. The first kappa shape index (κ1) is 17.0. The summed E-state index contributed by atoms with van der Waals surface area (Å²) in [6, 6.07) is 7.89. The molecule has 3 heteroatoms. The maximum Gasteiger partial charge on any atom is 0.123 e. The lowest BCUT2D eigenvalue weighted by molar-refractivity contribution is 0.0967. The maximum atomic E-state index is 5.68. The quantitative estimate of drug-likeness (QED) is 0.590. The Balaban J connectivity index is 1.97. The van der Waals surface area contributed by atoms with Gasteiger partial charge in [-0.1, -0.05) is 57.2 Å². The highest BCUT2D eigenvalue weighted by molar-refractivity contribution is 5.32. The minimum Gasteiger partial charge on any atom is -0.491 e. The molecule has 0 aliphatic rings. The molecule has 0 unspecified atom stereocenters. The van der Waals surface area contributed by atoms with E-state index in [1.54, 1.807) is 0 Å². The Labute approximate surface area is 123 Å². The van der Waals surface area contributed by atoms with E-state index in [2.05, 4.69) is 6.92 Å². The number of benzene rings is 1. The number of ether oxygens (including phenoxy) is 2. The minimum atomic E-state index is 0.509. The van der Waals surface area contributed by atoms with Gasteiger partial charge in [-0.25, -0.2) is 0 Å². The molecule has 0 radical (unpaired) electrons. The van der Waals surface area contributed by atoms with Crippen molar-refractivity contribution >= 4 is 0 Å². The van der Waals surface area contributed by atoms with Crippen LogP contribution in [0.1, 0.15) is 51.0 Å². The molecular formula is C17H29NO2. The monoisotopic (exact) mass is 279 g/mol. The summed E-state index contributed by atoms with van der Waals surface area (Å²) in [5.41, 5.74) is 6.70. The zero-order chi connectivity index (χ0) is 14.5. The van der Waals surface area contributed by atoms with Gasteiger partial charge in [0.05, 0.1) is 6.61 Å². The summed E-state index contributed by atoms with van der Waals surface area (Å²) in [6.07, 6.45) is 7.78. The molecule has 1 aromatic carbocycles. The number of nitrogens with two attached hydrogens (primary N) is 1. The fourth-order valence-corrected chi connectivity index (χ4v) is 2.11. The van der Waals surface area contributed by atoms with Crippen LogP contribution in [0.25, 0.3) is 0 Å². The largest absolute Gasteiger partial charge is 0.491 e. The van der Waals surface area contributed by atoms with Crippen molar-refractivity contribution in [3.63, 3.8) is 0 Å². The van der Waals surface area contributed by atoms with Crippen molar-refractivity contribution in [2.24, 2.45) is 5.73 Å². The Morgan fingerprint density at radius 1 is 0.900 bits per heavy atom. The van der Waals surface area contributed by atoms with Gasteiger partial charge in [-0.15, -0.1) is 0 Å². The van der Waals surface area contributed by atoms with E-state index >= 15 is 0 Å². The average Bonchev–Trinajstić information content (AvgIpc) is 2.49. The molecule has 0 fully saturated rings. The smallest absolute Gasteiger partial charge is 0.123 e. The molecule has 0 aromatic heterocycles. The molecule has 0 saturated heterocycles. The van der Waals surface area contributed by atoms with Crippen LogP contribution in [-0.4, -0.2) is 19.8 Å². The Hall–Kier alpha value is -1.06. The Kier molecular flexibility index (Phi) is 9.98. The first-order valence-electron chi connectivity index (χ1n) is 7.87. The molecule has 0 amide bonds. The first-order valence-corrected chi connectivity index (χ1v) is 7.87. The fourth-order valence-electron chi connectivity index (χ4n) is 2.11. The predicted molar refractivity (Wildman–Crippen MR) is 84.0 cm³/mol. The summed E-state index contributed by atoms with van der Waals surface area (Å²) in [4.78, 5) is 0. The number of para-hydroxylation sites is 1. The zero-order valence-electron chi connectivity index (χ0n) is 12.8. The highest BCUT2D eigenvalue weighted by atomic mass is 16.5. The normalized spacial score (nSPS) is 10.7. The Morgan fingerprint density at radius 2 is 1.65 bits per heavy atom. The van der Waals surface area contributed by atoms with Crippen LogP contribution < -0.4 is 10.5 Å². The van der Waals surface area contributed by atoms with Crippen molar-refractivity contribution in [2.45, 2.75) is 52.0 Å². The number of hydrogen-bond acceptors (Lipinski definition) is 3. The summed E-state index contributed by atoms with van der Waals surface area (Å²) in [5.74, 6) is 0.873. The van der Waals surface area contributed by atoms with Crippen molar-refractivity contribution in [3.05, 3.63) is 29.8 Å². The van der Waals surface area contributed by atoms with Gasteiger partial charge in [0.1, 0.15) is 12.4 Å². The van der Waals surface area contributed by atoms with Crippen LogP contribution in [0.15, 0.2) is 24.3 Å². The maximum absolute atomic E-state index is 5.68. The third-order valence-corrected chi connectivity index (χ3v) is 3.32. The predicted octanol–water partition coefficient (Wildman–Crippen LogP) is 3.90. The van der Waals surface area contributed by atoms with E-state index < -0.39 is 0 Å². The summed E-state index contributed by atoms with van der Waals surface area (Å²) in [5, 5.41) is 0. The topological polar surface area (TPSA) is 44.5 Å². The van der Waals surface area contributed by atoms with E-state index in [1.165, 1.54) is 32.1 Å². The van der Waals surface area contributed by atoms with Gasteiger partial charge in [-0.05, 0) is 12.5 Å². The van der Waals surface area contributed by atoms with E-state index in [9.17, 15) is 0 Å². The summed E-state index contributed by atoms with van der Waals surface area (Å²) in [6.45, 7) is 4.83. The van der Waals surface area contributed by atoms with Crippen LogP contribution in [0.3, 0.4) is 0 Å². The van der Waals surface area contributed by atoms with Crippen LogP contribution in [0.4, 0.5) is 0 Å². The van der Waals surface area contributed by atoms with Crippen molar-refractivity contribution in [2.75, 3.05) is 19.8 Å². The molecule has 0 heterocycles. The summed E-state index contributed by atoms with van der Waals surface area (Å²) in [7, 11) is 0. The Morgan fingerprint density at radius 3 is 2.45 bits per heavy atom.